The maximum absolute atomic E-state index is 13.8. The molecule has 2 heterocycles. The molecular formula is C38H46ClN3O4. The van der Waals surface area contributed by atoms with E-state index in [1.807, 2.05) is 47.1 Å². The Labute approximate surface area is 278 Å². The number of hydrogen-bond donors (Lipinski definition) is 0. The average Bonchev–Trinajstić information content (AvgIpc) is 3.08. The molecule has 0 radical (unpaired) electrons. The molecule has 0 unspecified atom stereocenters. The summed E-state index contributed by atoms with van der Waals surface area (Å²) < 4.78 is 4.80. The molecule has 3 aromatic rings. The fraction of sp³-hybridized carbons (Fsp3) is 0.447. The lowest BCUT2D eigenvalue weighted by atomic mass is 9.89. The van der Waals surface area contributed by atoms with Crippen LogP contribution in [-0.4, -0.2) is 74.0 Å². The van der Waals surface area contributed by atoms with Crippen molar-refractivity contribution in [3.05, 3.63) is 88.4 Å². The third-order valence-electron chi connectivity index (χ3n) is 9.70. The molecule has 2 aliphatic heterocycles. The van der Waals surface area contributed by atoms with E-state index in [2.05, 4.69) is 29.2 Å². The van der Waals surface area contributed by atoms with Crippen molar-refractivity contribution in [3.8, 4) is 11.1 Å². The van der Waals surface area contributed by atoms with Crippen LogP contribution in [0.3, 0.4) is 0 Å². The molecule has 5 rings (SSSR count). The number of carbonyl (C=O) groups is 3. The third kappa shape index (κ3) is 8.56. The Bertz CT molecular complexity index is 1490. The number of esters is 1. The molecule has 2 fully saturated rings. The van der Waals surface area contributed by atoms with Crippen molar-refractivity contribution in [2.45, 2.75) is 52.4 Å². The van der Waals surface area contributed by atoms with Gasteiger partial charge < -0.3 is 19.4 Å². The molecule has 7 nitrogen and oxygen atoms in total. The Hall–Kier alpha value is -3.68. The minimum atomic E-state index is -0.323. The van der Waals surface area contributed by atoms with E-state index in [9.17, 15) is 14.4 Å². The van der Waals surface area contributed by atoms with Crippen LogP contribution in [0.4, 0.5) is 5.69 Å². The van der Waals surface area contributed by atoms with Crippen molar-refractivity contribution < 1.29 is 19.1 Å². The van der Waals surface area contributed by atoms with E-state index in [4.69, 9.17) is 16.3 Å². The predicted molar refractivity (Wildman–Crippen MR) is 184 cm³/mol. The maximum Gasteiger partial charge on any atom is 0.337 e. The highest BCUT2D eigenvalue weighted by Crippen LogP contribution is 2.29. The Morgan fingerprint density at radius 2 is 1.50 bits per heavy atom. The molecule has 0 saturated carbocycles. The van der Waals surface area contributed by atoms with Crippen LogP contribution in [-0.2, 0) is 20.7 Å². The lowest BCUT2D eigenvalue weighted by molar-refractivity contribution is -0.133. The number of methoxy groups -OCH3 is 1. The Morgan fingerprint density at radius 1 is 0.870 bits per heavy atom. The first kappa shape index (κ1) is 33.7. The van der Waals surface area contributed by atoms with Crippen LogP contribution in [0.5, 0.6) is 0 Å². The number of amides is 2. The first-order chi connectivity index (χ1) is 22.2. The standard InChI is InChI=1S/C38H46ClN3O4/c1-27-5-14-35(26-36(27)39)42(37(44)33-17-23-41(24-18-33)28(2)43)20-4-19-40-21-15-30(16-22-40)25-29-6-8-31(9-7-29)32-10-12-34(13-11-32)38(45)46-3/h5-14,26,30,33H,4,15-25H2,1-3H3. The van der Waals surface area contributed by atoms with Gasteiger partial charge in [0.2, 0.25) is 11.8 Å². The summed E-state index contributed by atoms with van der Waals surface area (Å²) in [7, 11) is 1.39. The quantitative estimate of drug-likeness (QED) is 0.222. The minimum Gasteiger partial charge on any atom is -0.465 e. The minimum absolute atomic E-state index is 0.0763. The topological polar surface area (TPSA) is 70.2 Å². The van der Waals surface area contributed by atoms with Gasteiger partial charge in [-0.2, -0.15) is 0 Å². The van der Waals surface area contributed by atoms with Gasteiger partial charge in [-0.05, 0) is 118 Å². The van der Waals surface area contributed by atoms with Crippen LogP contribution < -0.4 is 4.90 Å². The molecule has 0 spiro atoms. The molecule has 244 valence electrons. The summed E-state index contributed by atoms with van der Waals surface area (Å²) in [6.07, 6.45) is 5.72. The number of likely N-dealkylation sites (tertiary alicyclic amines) is 2. The van der Waals surface area contributed by atoms with E-state index in [0.29, 0.717) is 49.0 Å². The number of rotatable bonds is 10. The summed E-state index contributed by atoms with van der Waals surface area (Å²) in [5.74, 6) is 0.487. The van der Waals surface area contributed by atoms with Crippen LogP contribution in [0.2, 0.25) is 5.02 Å². The lowest BCUT2D eigenvalue weighted by Crippen LogP contribution is -2.45. The van der Waals surface area contributed by atoms with E-state index < -0.39 is 0 Å². The van der Waals surface area contributed by atoms with Gasteiger partial charge in [-0.15, -0.1) is 0 Å². The predicted octanol–water partition coefficient (Wildman–Crippen LogP) is 7.04. The largest absolute Gasteiger partial charge is 0.465 e. The normalized spacial score (nSPS) is 16.3. The van der Waals surface area contributed by atoms with E-state index in [-0.39, 0.29) is 23.7 Å². The zero-order valence-electron chi connectivity index (χ0n) is 27.3. The van der Waals surface area contributed by atoms with Gasteiger partial charge in [0.15, 0.2) is 0 Å². The van der Waals surface area contributed by atoms with Gasteiger partial charge in [0, 0.05) is 43.2 Å². The van der Waals surface area contributed by atoms with Gasteiger partial charge in [0.25, 0.3) is 0 Å². The third-order valence-corrected chi connectivity index (χ3v) is 10.1. The second kappa shape index (κ2) is 15.7. The van der Waals surface area contributed by atoms with Crippen LogP contribution in [0.15, 0.2) is 66.7 Å². The Morgan fingerprint density at radius 3 is 2.09 bits per heavy atom. The molecule has 8 heteroatoms. The number of benzene rings is 3. The molecule has 46 heavy (non-hydrogen) atoms. The lowest BCUT2D eigenvalue weighted by Gasteiger charge is -2.35. The number of nitrogens with zero attached hydrogens (tertiary/aromatic N) is 3. The molecule has 0 bridgehead atoms. The molecular weight excluding hydrogens is 598 g/mol. The van der Waals surface area contributed by atoms with Gasteiger partial charge >= 0.3 is 5.97 Å². The van der Waals surface area contributed by atoms with Crippen molar-refractivity contribution in [2.75, 3.05) is 51.3 Å². The van der Waals surface area contributed by atoms with Gasteiger partial charge in [-0.3, -0.25) is 9.59 Å². The van der Waals surface area contributed by atoms with E-state index in [0.717, 1.165) is 54.9 Å². The summed E-state index contributed by atoms with van der Waals surface area (Å²) in [6, 6.07) is 22.2. The van der Waals surface area contributed by atoms with E-state index >= 15 is 0 Å². The smallest absolute Gasteiger partial charge is 0.337 e. The molecule has 3 aromatic carbocycles. The zero-order chi connectivity index (χ0) is 32.6. The van der Waals surface area contributed by atoms with E-state index in [1.165, 1.54) is 25.5 Å². The van der Waals surface area contributed by atoms with E-state index in [1.54, 1.807) is 19.1 Å². The molecule has 2 amide bonds. The van der Waals surface area contributed by atoms with Crippen molar-refractivity contribution in [2.24, 2.45) is 11.8 Å². The fourth-order valence-electron chi connectivity index (χ4n) is 6.73. The number of hydrogen-bond acceptors (Lipinski definition) is 5. The van der Waals surface area contributed by atoms with Crippen LogP contribution >= 0.6 is 11.6 Å². The highest BCUT2D eigenvalue weighted by Gasteiger charge is 2.30. The number of halogens is 1. The second-order valence-corrected chi connectivity index (χ2v) is 13.2. The molecule has 0 atom stereocenters. The zero-order valence-corrected chi connectivity index (χ0v) is 28.1. The van der Waals surface area contributed by atoms with Gasteiger partial charge in [0.1, 0.15) is 0 Å². The molecule has 0 aromatic heterocycles. The highest BCUT2D eigenvalue weighted by atomic mass is 35.5. The van der Waals surface area contributed by atoms with Crippen molar-refractivity contribution >= 4 is 35.1 Å². The second-order valence-electron chi connectivity index (χ2n) is 12.8. The van der Waals surface area contributed by atoms with Gasteiger partial charge in [-0.1, -0.05) is 54.1 Å². The Balaban J connectivity index is 1.10. The monoisotopic (exact) mass is 643 g/mol. The summed E-state index contributed by atoms with van der Waals surface area (Å²) in [5.41, 5.74) is 5.98. The van der Waals surface area contributed by atoms with Crippen LogP contribution in [0, 0.1) is 18.8 Å². The number of carbonyl (C=O) groups excluding carboxylic acids is 3. The summed E-state index contributed by atoms with van der Waals surface area (Å²) in [6.45, 7) is 8.61. The number of ether oxygens (including phenoxy) is 1. The summed E-state index contributed by atoms with van der Waals surface area (Å²) >= 11 is 6.48. The first-order valence-electron chi connectivity index (χ1n) is 16.5. The number of piperidine rings is 2. The van der Waals surface area contributed by atoms with Crippen molar-refractivity contribution in [1.29, 1.82) is 0 Å². The van der Waals surface area contributed by atoms with Crippen LogP contribution in [0.1, 0.15) is 60.5 Å². The van der Waals surface area contributed by atoms with Crippen molar-refractivity contribution in [3.63, 3.8) is 0 Å². The highest BCUT2D eigenvalue weighted by molar-refractivity contribution is 6.31. The Kier molecular flexibility index (Phi) is 11.5. The molecule has 2 aliphatic rings. The van der Waals surface area contributed by atoms with Gasteiger partial charge in [0.05, 0.1) is 12.7 Å². The molecule has 2 saturated heterocycles. The summed E-state index contributed by atoms with van der Waals surface area (Å²) in [5, 5.41) is 0.674. The fourth-order valence-corrected chi connectivity index (χ4v) is 6.90. The molecule has 0 aliphatic carbocycles. The van der Waals surface area contributed by atoms with Gasteiger partial charge in [-0.25, -0.2) is 4.79 Å². The maximum atomic E-state index is 13.8. The number of aryl methyl sites for hydroxylation is 1. The van der Waals surface area contributed by atoms with Crippen molar-refractivity contribution in [1.82, 2.24) is 9.80 Å². The average molecular weight is 644 g/mol. The SMILES string of the molecule is COC(=O)c1ccc(-c2ccc(CC3CCN(CCCN(C(=O)C4CCN(C(C)=O)CC4)c4ccc(C)c(Cl)c4)CC3)cc2)cc1. The number of anilines is 1. The first-order valence-corrected chi connectivity index (χ1v) is 16.9. The summed E-state index contributed by atoms with van der Waals surface area (Å²) in [4.78, 5) is 43.6. The molecule has 0 N–H and O–H groups in total. The van der Waals surface area contributed by atoms with Crippen LogP contribution in [0.25, 0.3) is 11.1 Å².